The maximum absolute atomic E-state index is 12.6. The van der Waals surface area contributed by atoms with Gasteiger partial charge in [-0.05, 0) is 25.0 Å². The van der Waals surface area contributed by atoms with Gasteiger partial charge >= 0.3 is 0 Å². The molecule has 1 amide bonds. The van der Waals surface area contributed by atoms with E-state index in [0.29, 0.717) is 0 Å². The van der Waals surface area contributed by atoms with E-state index in [1.54, 1.807) is 13.3 Å². The van der Waals surface area contributed by atoms with E-state index in [2.05, 4.69) is 18.8 Å². The van der Waals surface area contributed by atoms with Gasteiger partial charge in [0.1, 0.15) is 5.75 Å². The van der Waals surface area contributed by atoms with Crippen LogP contribution < -0.4 is 4.74 Å². The number of nitrogens with zero attached hydrogens (tertiary/aromatic N) is 1. The summed E-state index contributed by atoms with van der Waals surface area (Å²) >= 11 is 0. The van der Waals surface area contributed by atoms with Crippen molar-refractivity contribution in [2.75, 3.05) is 20.2 Å². The second kappa shape index (κ2) is 6.46. The van der Waals surface area contributed by atoms with Crippen molar-refractivity contribution < 1.29 is 9.53 Å². The van der Waals surface area contributed by atoms with Crippen LogP contribution in [0.3, 0.4) is 0 Å². The van der Waals surface area contributed by atoms with Crippen molar-refractivity contribution in [3.8, 4) is 5.75 Å². The molecule has 0 bridgehead atoms. The third-order valence-corrected chi connectivity index (χ3v) is 3.39. The van der Waals surface area contributed by atoms with Crippen LogP contribution in [0.1, 0.15) is 37.0 Å². The predicted molar refractivity (Wildman–Crippen MR) is 81.3 cm³/mol. The molecule has 2 rings (SSSR count). The lowest BCUT2D eigenvalue weighted by molar-refractivity contribution is 0.0757. The number of amides is 1. The summed E-state index contributed by atoms with van der Waals surface area (Å²) < 4.78 is 5.20. The zero-order valence-corrected chi connectivity index (χ0v) is 12.4. The first kappa shape index (κ1) is 14.4. The Kier molecular flexibility index (Phi) is 4.66. The van der Waals surface area contributed by atoms with Crippen LogP contribution in [0.15, 0.2) is 24.4 Å². The number of hydrogen-bond donors (Lipinski definition) is 1. The standard InChI is InChI=1S/C16H22N2O2/c1-4-8-18(9-5-2)16(19)14-11-17-15-10-12(20-3)6-7-13(14)15/h6-7,10-11,17H,4-5,8-9H2,1-3H3. The highest BCUT2D eigenvalue weighted by Crippen LogP contribution is 2.24. The normalized spacial score (nSPS) is 10.8. The fraction of sp³-hybridized carbons (Fsp3) is 0.438. The van der Waals surface area contributed by atoms with E-state index < -0.39 is 0 Å². The van der Waals surface area contributed by atoms with Crippen LogP contribution in [-0.4, -0.2) is 36.0 Å². The highest BCUT2D eigenvalue weighted by Gasteiger charge is 2.18. The number of H-pyrrole nitrogens is 1. The minimum Gasteiger partial charge on any atom is -0.497 e. The molecular weight excluding hydrogens is 252 g/mol. The summed E-state index contributed by atoms with van der Waals surface area (Å²) in [5.41, 5.74) is 1.67. The van der Waals surface area contributed by atoms with Crippen molar-refractivity contribution in [1.29, 1.82) is 0 Å². The number of aromatic nitrogens is 1. The summed E-state index contributed by atoms with van der Waals surface area (Å²) in [5, 5.41) is 0.952. The van der Waals surface area contributed by atoms with E-state index in [0.717, 1.165) is 48.1 Å². The topological polar surface area (TPSA) is 45.3 Å². The molecule has 4 nitrogen and oxygen atoms in total. The molecule has 108 valence electrons. The Bertz CT molecular complexity index is 583. The number of carbonyl (C=O) groups excluding carboxylic acids is 1. The van der Waals surface area contributed by atoms with E-state index in [1.165, 1.54) is 0 Å². The predicted octanol–water partition coefficient (Wildman–Crippen LogP) is 3.44. The number of hydrogen-bond acceptors (Lipinski definition) is 2. The lowest BCUT2D eigenvalue weighted by Gasteiger charge is -2.21. The third kappa shape index (κ3) is 2.79. The number of nitrogens with one attached hydrogen (secondary N) is 1. The number of carbonyl (C=O) groups is 1. The first-order valence-electron chi connectivity index (χ1n) is 7.15. The molecule has 1 heterocycles. The molecule has 0 spiro atoms. The second-order valence-corrected chi connectivity index (χ2v) is 4.91. The summed E-state index contributed by atoms with van der Waals surface area (Å²) in [4.78, 5) is 17.7. The Morgan fingerprint density at radius 2 is 1.95 bits per heavy atom. The van der Waals surface area contributed by atoms with Crippen LogP contribution in [0.25, 0.3) is 10.9 Å². The molecule has 0 unspecified atom stereocenters. The van der Waals surface area contributed by atoms with E-state index in [4.69, 9.17) is 4.74 Å². The molecule has 2 aromatic rings. The average molecular weight is 274 g/mol. The Balaban J connectivity index is 2.34. The highest BCUT2D eigenvalue weighted by atomic mass is 16.5. The number of aromatic amines is 1. The smallest absolute Gasteiger partial charge is 0.256 e. The molecule has 0 fully saturated rings. The summed E-state index contributed by atoms with van der Waals surface area (Å²) in [6.07, 6.45) is 3.74. The van der Waals surface area contributed by atoms with Gasteiger partial charge in [0.05, 0.1) is 12.7 Å². The van der Waals surface area contributed by atoms with Crippen molar-refractivity contribution in [3.05, 3.63) is 30.0 Å². The zero-order chi connectivity index (χ0) is 14.5. The Labute approximate surface area is 119 Å². The third-order valence-electron chi connectivity index (χ3n) is 3.39. The number of methoxy groups -OCH3 is 1. The van der Waals surface area contributed by atoms with Crippen LogP contribution in [0.2, 0.25) is 0 Å². The Morgan fingerprint density at radius 3 is 2.55 bits per heavy atom. The molecule has 1 aromatic carbocycles. The molecule has 0 aliphatic heterocycles. The van der Waals surface area contributed by atoms with Crippen LogP contribution in [0.4, 0.5) is 0 Å². The largest absolute Gasteiger partial charge is 0.497 e. The lowest BCUT2D eigenvalue weighted by Crippen LogP contribution is -2.32. The first-order valence-corrected chi connectivity index (χ1v) is 7.15. The molecule has 0 saturated carbocycles. The summed E-state index contributed by atoms with van der Waals surface area (Å²) in [7, 11) is 1.64. The maximum atomic E-state index is 12.6. The fourth-order valence-corrected chi connectivity index (χ4v) is 2.43. The van der Waals surface area contributed by atoms with Crippen molar-refractivity contribution in [1.82, 2.24) is 9.88 Å². The van der Waals surface area contributed by atoms with Gasteiger partial charge in [-0.25, -0.2) is 0 Å². The van der Waals surface area contributed by atoms with Crippen LogP contribution in [0.5, 0.6) is 5.75 Å². The van der Waals surface area contributed by atoms with Crippen molar-refractivity contribution in [2.45, 2.75) is 26.7 Å². The monoisotopic (exact) mass is 274 g/mol. The first-order chi connectivity index (χ1) is 9.71. The maximum Gasteiger partial charge on any atom is 0.256 e. The van der Waals surface area contributed by atoms with Gasteiger partial charge < -0.3 is 14.6 Å². The number of benzene rings is 1. The summed E-state index contributed by atoms with van der Waals surface area (Å²) in [5.74, 6) is 0.891. The second-order valence-electron chi connectivity index (χ2n) is 4.91. The average Bonchev–Trinajstić information content (AvgIpc) is 2.89. The van der Waals surface area contributed by atoms with Gasteiger partial charge in [0, 0.05) is 36.3 Å². The van der Waals surface area contributed by atoms with Gasteiger partial charge in [0.2, 0.25) is 0 Å². The molecular formula is C16H22N2O2. The van der Waals surface area contributed by atoms with Crippen molar-refractivity contribution >= 4 is 16.8 Å². The molecule has 0 atom stereocenters. The van der Waals surface area contributed by atoms with E-state index in [-0.39, 0.29) is 5.91 Å². The number of rotatable bonds is 6. The number of ether oxygens (including phenoxy) is 1. The molecule has 0 radical (unpaired) electrons. The number of fused-ring (bicyclic) bond motifs is 1. The van der Waals surface area contributed by atoms with Gasteiger partial charge in [-0.2, -0.15) is 0 Å². The van der Waals surface area contributed by atoms with Gasteiger partial charge in [-0.15, -0.1) is 0 Å². The highest BCUT2D eigenvalue weighted by molar-refractivity contribution is 6.06. The zero-order valence-electron chi connectivity index (χ0n) is 12.4. The van der Waals surface area contributed by atoms with Crippen LogP contribution in [-0.2, 0) is 0 Å². The van der Waals surface area contributed by atoms with Gasteiger partial charge in [0.25, 0.3) is 5.91 Å². The van der Waals surface area contributed by atoms with E-state index >= 15 is 0 Å². The molecule has 0 saturated heterocycles. The van der Waals surface area contributed by atoms with Gasteiger partial charge in [-0.1, -0.05) is 13.8 Å². The van der Waals surface area contributed by atoms with Gasteiger partial charge in [-0.3, -0.25) is 4.79 Å². The molecule has 4 heteroatoms. The van der Waals surface area contributed by atoms with E-state index in [9.17, 15) is 4.79 Å². The van der Waals surface area contributed by atoms with Crippen LogP contribution in [0, 0.1) is 0 Å². The van der Waals surface area contributed by atoms with Crippen molar-refractivity contribution in [2.24, 2.45) is 0 Å². The minimum atomic E-state index is 0.102. The molecule has 0 aliphatic rings. The Hall–Kier alpha value is -1.97. The summed E-state index contributed by atoms with van der Waals surface area (Å²) in [6.45, 7) is 5.79. The fourth-order valence-electron chi connectivity index (χ4n) is 2.43. The van der Waals surface area contributed by atoms with Crippen LogP contribution >= 0.6 is 0 Å². The minimum absolute atomic E-state index is 0.102. The molecule has 1 N–H and O–H groups in total. The quantitative estimate of drug-likeness (QED) is 0.877. The molecule has 1 aromatic heterocycles. The van der Waals surface area contributed by atoms with Gasteiger partial charge in [0.15, 0.2) is 0 Å². The molecule has 0 aliphatic carbocycles. The molecule has 20 heavy (non-hydrogen) atoms. The lowest BCUT2D eigenvalue weighted by atomic mass is 10.1. The summed E-state index contributed by atoms with van der Waals surface area (Å²) in [6, 6.07) is 5.74. The Morgan fingerprint density at radius 1 is 1.25 bits per heavy atom. The van der Waals surface area contributed by atoms with Crippen molar-refractivity contribution in [3.63, 3.8) is 0 Å². The SMILES string of the molecule is CCCN(CCC)C(=O)c1c[nH]c2cc(OC)ccc12. The van der Waals surface area contributed by atoms with E-state index in [1.807, 2.05) is 23.1 Å².